The second-order valence-electron chi connectivity index (χ2n) is 10.2. The van der Waals surface area contributed by atoms with Crippen molar-refractivity contribution in [2.75, 3.05) is 31.5 Å². The van der Waals surface area contributed by atoms with Crippen LogP contribution in [0.5, 0.6) is 0 Å². The summed E-state index contributed by atoms with van der Waals surface area (Å²) in [5, 5.41) is 4.31. The van der Waals surface area contributed by atoms with Gasteiger partial charge < -0.3 is 24.4 Å². The molecular formula is C25H31N7O2S. The fourth-order valence-corrected chi connectivity index (χ4v) is 4.36. The maximum Gasteiger partial charge on any atom is 0.410 e. The van der Waals surface area contributed by atoms with Crippen LogP contribution in [0, 0.1) is 6.92 Å². The molecule has 3 aromatic rings. The van der Waals surface area contributed by atoms with Gasteiger partial charge in [0, 0.05) is 43.8 Å². The molecule has 0 unspecified atom stereocenters. The van der Waals surface area contributed by atoms with Crippen LogP contribution in [0.15, 0.2) is 30.7 Å². The molecule has 1 aliphatic carbocycles. The van der Waals surface area contributed by atoms with Crippen LogP contribution in [0.3, 0.4) is 0 Å². The molecular weight excluding hydrogens is 462 g/mol. The maximum atomic E-state index is 12.4. The number of hydrogen-bond donors (Lipinski definition) is 1. The minimum absolute atomic E-state index is 0.294. The van der Waals surface area contributed by atoms with Gasteiger partial charge in [-0.1, -0.05) is 23.8 Å². The largest absolute Gasteiger partial charge is 0.444 e. The van der Waals surface area contributed by atoms with E-state index < -0.39 is 5.60 Å². The molecule has 5 rings (SSSR count). The molecule has 2 fully saturated rings. The van der Waals surface area contributed by atoms with Crippen LogP contribution < -0.4 is 5.32 Å². The number of amides is 1. The molecule has 1 saturated carbocycles. The average Bonchev–Trinajstić information content (AvgIpc) is 3.56. The van der Waals surface area contributed by atoms with Gasteiger partial charge in [-0.3, -0.25) is 0 Å². The van der Waals surface area contributed by atoms with Crippen LogP contribution >= 0.6 is 12.2 Å². The van der Waals surface area contributed by atoms with Crippen LogP contribution in [-0.2, 0) is 4.74 Å². The van der Waals surface area contributed by atoms with Gasteiger partial charge in [-0.05, 0) is 52.7 Å². The third-order valence-electron chi connectivity index (χ3n) is 6.08. The first-order valence-electron chi connectivity index (χ1n) is 12.0. The number of aromatic nitrogens is 4. The van der Waals surface area contributed by atoms with Gasteiger partial charge in [0.25, 0.3) is 0 Å². The molecule has 35 heavy (non-hydrogen) atoms. The Bertz CT molecular complexity index is 1270. The summed E-state index contributed by atoms with van der Waals surface area (Å²) < 4.78 is 7.65. The summed E-state index contributed by atoms with van der Waals surface area (Å²) in [7, 11) is 0. The minimum Gasteiger partial charge on any atom is -0.444 e. The number of fused-ring (bicyclic) bond motifs is 1. The molecule has 1 saturated heterocycles. The molecule has 1 aromatic carbocycles. The molecule has 0 bridgehead atoms. The lowest BCUT2D eigenvalue weighted by Gasteiger charge is -2.36. The van der Waals surface area contributed by atoms with Crippen LogP contribution in [0.2, 0.25) is 0 Å². The Morgan fingerprint density at radius 3 is 2.51 bits per heavy atom. The topological polar surface area (TPSA) is 88.4 Å². The minimum atomic E-state index is -0.515. The quantitative estimate of drug-likeness (QED) is 0.534. The summed E-state index contributed by atoms with van der Waals surface area (Å²) in [6.45, 7) is 9.93. The second-order valence-corrected chi connectivity index (χ2v) is 10.6. The van der Waals surface area contributed by atoms with Gasteiger partial charge in [0.05, 0.1) is 11.8 Å². The Hall–Kier alpha value is -3.27. The van der Waals surface area contributed by atoms with Crippen molar-refractivity contribution >= 4 is 45.8 Å². The SMILES string of the molecule is Cc1ccc2nc(C(=S)N3CCN(C(=O)OC(C)(C)C)CC3)nc(Nc3cn(C4CC4)cn3)c2c1. The molecule has 1 N–H and O–H groups in total. The summed E-state index contributed by atoms with van der Waals surface area (Å²) in [6, 6.07) is 6.66. The molecule has 2 aromatic heterocycles. The Kier molecular flexibility index (Phi) is 6.08. The standard InChI is InChI=1S/C25H31N7O2S/c1-16-5-8-19-18(13-16)21(28-20-14-32(15-26-20)17-6-7-17)29-22(27-19)23(35)30-9-11-31(12-10-30)24(33)34-25(2,3)4/h5,8,13-15,17H,6-7,9-12H2,1-4H3,(H,27,28,29). The van der Waals surface area contributed by atoms with Crippen LogP contribution in [-0.4, -0.2) is 72.2 Å². The number of carbonyl (C=O) groups is 1. The van der Waals surface area contributed by atoms with Gasteiger partial charge in [-0.2, -0.15) is 0 Å². The molecule has 2 aliphatic rings. The molecule has 184 valence electrons. The van der Waals surface area contributed by atoms with E-state index in [4.69, 9.17) is 26.9 Å². The Morgan fingerprint density at radius 1 is 1.11 bits per heavy atom. The lowest BCUT2D eigenvalue weighted by Crippen LogP contribution is -2.51. The number of aryl methyl sites for hydroxylation is 1. The van der Waals surface area contributed by atoms with E-state index in [-0.39, 0.29) is 6.09 Å². The zero-order valence-electron chi connectivity index (χ0n) is 20.6. The monoisotopic (exact) mass is 493 g/mol. The number of anilines is 2. The van der Waals surface area contributed by atoms with Crippen LogP contribution in [0.25, 0.3) is 10.9 Å². The maximum absolute atomic E-state index is 12.4. The van der Waals surface area contributed by atoms with Crippen molar-refractivity contribution in [1.82, 2.24) is 29.3 Å². The number of benzene rings is 1. The highest BCUT2D eigenvalue weighted by atomic mass is 32.1. The van der Waals surface area contributed by atoms with E-state index in [1.54, 1.807) is 4.90 Å². The first-order chi connectivity index (χ1) is 16.7. The lowest BCUT2D eigenvalue weighted by molar-refractivity contribution is 0.0188. The van der Waals surface area contributed by atoms with E-state index in [9.17, 15) is 4.79 Å². The summed E-state index contributed by atoms with van der Waals surface area (Å²) in [6.07, 6.45) is 5.99. The van der Waals surface area contributed by atoms with Crippen LogP contribution in [0.1, 0.15) is 51.0 Å². The Morgan fingerprint density at radius 2 is 1.83 bits per heavy atom. The zero-order valence-corrected chi connectivity index (χ0v) is 21.4. The third kappa shape index (κ3) is 5.37. The number of carbonyl (C=O) groups excluding carboxylic acids is 1. The van der Waals surface area contributed by atoms with Crippen molar-refractivity contribution in [2.45, 2.75) is 52.2 Å². The van der Waals surface area contributed by atoms with Crippen molar-refractivity contribution in [2.24, 2.45) is 0 Å². The van der Waals surface area contributed by atoms with Crippen molar-refractivity contribution in [1.29, 1.82) is 0 Å². The highest BCUT2D eigenvalue weighted by Crippen LogP contribution is 2.35. The van der Waals surface area contributed by atoms with Crippen molar-refractivity contribution < 1.29 is 9.53 Å². The summed E-state index contributed by atoms with van der Waals surface area (Å²) in [5.74, 6) is 1.93. The molecule has 0 spiro atoms. The van der Waals surface area contributed by atoms with Gasteiger partial charge in [-0.25, -0.2) is 19.7 Å². The van der Waals surface area contributed by atoms with E-state index in [2.05, 4.69) is 25.8 Å². The normalized spacial score (nSPS) is 16.5. The molecule has 3 heterocycles. The van der Waals surface area contributed by atoms with E-state index in [0.717, 1.165) is 22.3 Å². The Labute approximate surface area is 210 Å². The van der Waals surface area contributed by atoms with Gasteiger partial charge in [0.2, 0.25) is 0 Å². The van der Waals surface area contributed by atoms with Gasteiger partial charge in [0.15, 0.2) is 5.82 Å². The molecule has 1 amide bonds. The van der Waals surface area contributed by atoms with E-state index in [1.807, 2.05) is 52.4 Å². The molecule has 0 atom stereocenters. The van der Waals surface area contributed by atoms with E-state index >= 15 is 0 Å². The molecule has 9 nitrogen and oxygen atoms in total. The van der Waals surface area contributed by atoms with Crippen molar-refractivity contribution in [3.05, 3.63) is 42.1 Å². The zero-order chi connectivity index (χ0) is 24.7. The smallest absolute Gasteiger partial charge is 0.410 e. The summed E-state index contributed by atoms with van der Waals surface area (Å²) in [5.41, 5.74) is 1.43. The second kappa shape index (κ2) is 9.07. The van der Waals surface area contributed by atoms with Gasteiger partial charge in [-0.15, -0.1) is 0 Å². The number of nitrogens with zero attached hydrogens (tertiary/aromatic N) is 6. The number of ether oxygens (including phenoxy) is 1. The molecule has 0 radical (unpaired) electrons. The number of thiocarbonyl (C=S) groups is 1. The Balaban J connectivity index is 1.35. The number of imidazole rings is 1. The predicted octanol–water partition coefficient (Wildman–Crippen LogP) is 4.44. The van der Waals surface area contributed by atoms with Crippen molar-refractivity contribution in [3.63, 3.8) is 0 Å². The van der Waals surface area contributed by atoms with Crippen LogP contribution in [0.4, 0.5) is 16.4 Å². The highest BCUT2D eigenvalue weighted by Gasteiger charge is 2.28. The first kappa shape index (κ1) is 23.5. The van der Waals surface area contributed by atoms with Gasteiger partial charge in [0.1, 0.15) is 22.2 Å². The highest BCUT2D eigenvalue weighted by molar-refractivity contribution is 7.80. The average molecular weight is 494 g/mol. The fourth-order valence-electron chi connectivity index (χ4n) is 4.09. The summed E-state index contributed by atoms with van der Waals surface area (Å²) >= 11 is 5.81. The number of rotatable bonds is 4. The van der Waals surface area contributed by atoms with Gasteiger partial charge >= 0.3 is 6.09 Å². The van der Waals surface area contributed by atoms with E-state index in [1.165, 1.54) is 12.8 Å². The number of nitrogens with one attached hydrogen (secondary N) is 1. The predicted molar refractivity (Wildman–Crippen MR) is 139 cm³/mol. The fraction of sp³-hybridized carbons (Fsp3) is 0.480. The molecule has 10 heteroatoms. The summed E-state index contributed by atoms with van der Waals surface area (Å²) in [4.78, 5) is 30.9. The third-order valence-corrected chi connectivity index (χ3v) is 6.52. The van der Waals surface area contributed by atoms with E-state index in [0.29, 0.717) is 48.9 Å². The lowest BCUT2D eigenvalue weighted by atomic mass is 10.1. The molecule has 1 aliphatic heterocycles. The first-order valence-corrected chi connectivity index (χ1v) is 12.4. The number of hydrogen-bond acceptors (Lipinski definition) is 7. The number of piperazine rings is 1. The van der Waals surface area contributed by atoms with Crippen molar-refractivity contribution in [3.8, 4) is 0 Å².